The van der Waals surface area contributed by atoms with Gasteiger partial charge in [0.1, 0.15) is 6.04 Å². The first-order chi connectivity index (χ1) is 7.65. The monoisotopic (exact) mass is 245 g/mol. The van der Waals surface area contributed by atoms with Gasteiger partial charge in [0.2, 0.25) is 5.91 Å². The van der Waals surface area contributed by atoms with E-state index < -0.39 is 12.0 Å². The summed E-state index contributed by atoms with van der Waals surface area (Å²) in [6.45, 7) is 2.01. The third-order valence-corrected chi connectivity index (χ3v) is 4.06. The Kier molecular flexibility index (Phi) is 5.66. The van der Waals surface area contributed by atoms with E-state index >= 15 is 0 Å². The van der Waals surface area contributed by atoms with Gasteiger partial charge in [0, 0.05) is 0 Å². The Morgan fingerprint density at radius 2 is 2.31 bits per heavy atom. The smallest absolute Gasteiger partial charge is 0.326 e. The minimum atomic E-state index is -0.926. The number of carbonyl (C=O) groups is 2. The average molecular weight is 245 g/mol. The highest BCUT2D eigenvalue weighted by atomic mass is 32.2. The molecule has 5 heteroatoms. The van der Waals surface area contributed by atoms with Crippen LogP contribution in [0.4, 0.5) is 0 Å². The Bertz CT molecular complexity index is 252. The number of rotatable bonds is 6. The van der Waals surface area contributed by atoms with Gasteiger partial charge >= 0.3 is 5.97 Å². The summed E-state index contributed by atoms with van der Waals surface area (Å²) in [7, 11) is 0. The lowest BCUT2D eigenvalue weighted by Crippen LogP contribution is -2.44. The molecule has 16 heavy (non-hydrogen) atoms. The molecule has 0 aromatic rings. The fourth-order valence-electron chi connectivity index (χ4n) is 1.71. The molecule has 0 bridgehead atoms. The van der Waals surface area contributed by atoms with Crippen LogP contribution >= 0.6 is 11.8 Å². The van der Waals surface area contributed by atoms with Crippen molar-refractivity contribution in [1.82, 2.24) is 5.32 Å². The van der Waals surface area contributed by atoms with E-state index in [0.717, 1.165) is 31.4 Å². The molecule has 0 spiro atoms. The Morgan fingerprint density at radius 3 is 2.81 bits per heavy atom. The lowest BCUT2D eigenvalue weighted by atomic mass is 10.1. The van der Waals surface area contributed by atoms with Crippen molar-refractivity contribution < 1.29 is 14.7 Å². The molecule has 1 aliphatic heterocycles. The highest BCUT2D eigenvalue weighted by molar-refractivity contribution is 8.00. The molecule has 4 nitrogen and oxygen atoms in total. The van der Waals surface area contributed by atoms with Crippen LogP contribution in [0.1, 0.15) is 39.0 Å². The standard InChI is InChI=1S/C11H19NO3S/c1-2-3-5-8(11(14)15)12-10(13)9-6-4-7-16-9/h8-9H,2-7H2,1H3,(H,12,13)(H,14,15)/t8-,9?/m0/s1. The first-order valence-corrected chi connectivity index (χ1v) is 6.84. The van der Waals surface area contributed by atoms with E-state index in [1.807, 2.05) is 6.92 Å². The van der Waals surface area contributed by atoms with Gasteiger partial charge in [0.05, 0.1) is 5.25 Å². The maximum Gasteiger partial charge on any atom is 0.326 e. The molecule has 1 rings (SSSR count). The van der Waals surface area contributed by atoms with Crippen molar-refractivity contribution >= 4 is 23.6 Å². The largest absolute Gasteiger partial charge is 0.480 e. The van der Waals surface area contributed by atoms with Crippen molar-refractivity contribution in [3.05, 3.63) is 0 Å². The number of nitrogens with one attached hydrogen (secondary N) is 1. The molecule has 1 amide bonds. The number of aliphatic carboxylic acids is 1. The van der Waals surface area contributed by atoms with Crippen molar-refractivity contribution in [2.24, 2.45) is 0 Å². The molecule has 1 saturated heterocycles. The highest BCUT2D eigenvalue weighted by Crippen LogP contribution is 2.26. The van der Waals surface area contributed by atoms with Gasteiger partial charge in [0.15, 0.2) is 0 Å². The van der Waals surface area contributed by atoms with E-state index in [1.165, 1.54) is 0 Å². The van der Waals surface area contributed by atoms with Crippen LogP contribution in [0.15, 0.2) is 0 Å². The van der Waals surface area contributed by atoms with Crippen LogP contribution in [-0.2, 0) is 9.59 Å². The fourth-order valence-corrected chi connectivity index (χ4v) is 2.89. The molecular formula is C11H19NO3S. The average Bonchev–Trinajstić information content (AvgIpc) is 2.76. The third kappa shape index (κ3) is 4.04. The van der Waals surface area contributed by atoms with Crippen LogP contribution in [-0.4, -0.2) is 34.0 Å². The quantitative estimate of drug-likeness (QED) is 0.746. The molecule has 1 heterocycles. The topological polar surface area (TPSA) is 66.4 Å². The van der Waals surface area contributed by atoms with E-state index in [-0.39, 0.29) is 11.2 Å². The normalized spacial score (nSPS) is 21.7. The molecule has 0 aromatic carbocycles. The minimum absolute atomic E-state index is 0.0384. The second-order valence-electron chi connectivity index (χ2n) is 4.04. The van der Waals surface area contributed by atoms with Crippen molar-refractivity contribution in [2.75, 3.05) is 5.75 Å². The van der Waals surface area contributed by atoms with Gasteiger partial charge in [-0.05, 0) is 25.0 Å². The Balaban J connectivity index is 2.40. The Morgan fingerprint density at radius 1 is 1.56 bits per heavy atom. The number of hydrogen-bond donors (Lipinski definition) is 2. The third-order valence-electron chi connectivity index (χ3n) is 2.68. The number of thioether (sulfide) groups is 1. The number of carboxylic acid groups (broad SMARTS) is 1. The molecule has 92 valence electrons. The van der Waals surface area contributed by atoms with Crippen LogP contribution < -0.4 is 5.32 Å². The van der Waals surface area contributed by atoms with Gasteiger partial charge < -0.3 is 10.4 Å². The second kappa shape index (κ2) is 6.78. The van der Waals surface area contributed by atoms with Gasteiger partial charge in [-0.1, -0.05) is 19.8 Å². The molecule has 0 saturated carbocycles. The zero-order valence-electron chi connectivity index (χ0n) is 9.57. The van der Waals surface area contributed by atoms with Crippen molar-refractivity contribution in [1.29, 1.82) is 0 Å². The van der Waals surface area contributed by atoms with Gasteiger partial charge in [-0.3, -0.25) is 4.79 Å². The highest BCUT2D eigenvalue weighted by Gasteiger charge is 2.27. The van der Waals surface area contributed by atoms with Gasteiger partial charge in [-0.25, -0.2) is 4.79 Å². The van der Waals surface area contributed by atoms with E-state index in [2.05, 4.69) is 5.32 Å². The number of unbranched alkanes of at least 4 members (excludes halogenated alkanes) is 1. The number of amides is 1. The summed E-state index contributed by atoms with van der Waals surface area (Å²) in [5.41, 5.74) is 0. The fraction of sp³-hybridized carbons (Fsp3) is 0.818. The molecule has 0 aliphatic carbocycles. The van der Waals surface area contributed by atoms with E-state index in [0.29, 0.717) is 6.42 Å². The van der Waals surface area contributed by atoms with Gasteiger partial charge in [-0.2, -0.15) is 0 Å². The Labute approximate surface area is 100 Å². The minimum Gasteiger partial charge on any atom is -0.480 e. The van der Waals surface area contributed by atoms with Crippen molar-refractivity contribution in [3.63, 3.8) is 0 Å². The van der Waals surface area contributed by atoms with E-state index in [1.54, 1.807) is 11.8 Å². The summed E-state index contributed by atoms with van der Waals surface area (Å²) >= 11 is 1.62. The molecular weight excluding hydrogens is 226 g/mol. The zero-order valence-corrected chi connectivity index (χ0v) is 10.4. The van der Waals surface area contributed by atoms with Crippen LogP contribution in [0.25, 0.3) is 0 Å². The summed E-state index contributed by atoms with van der Waals surface area (Å²) in [6, 6.07) is -0.714. The second-order valence-corrected chi connectivity index (χ2v) is 5.35. The summed E-state index contributed by atoms with van der Waals surface area (Å²) in [4.78, 5) is 22.7. The van der Waals surface area contributed by atoms with Gasteiger partial charge in [-0.15, -0.1) is 11.8 Å². The SMILES string of the molecule is CCCC[C@H](NC(=O)C1CCCS1)C(=O)O. The van der Waals surface area contributed by atoms with Crippen LogP contribution in [0.5, 0.6) is 0 Å². The number of carboxylic acids is 1. The molecule has 0 radical (unpaired) electrons. The lowest BCUT2D eigenvalue weighted by Gasteiger charge is -2.16. The van der Waals surface area contributed by atoms with Crippen LogP contribution in [0, 0.1) is 0 Å². The summed E-state index contributed by atoms with van der Waals surface area (Å²) in [5, 5.41) is 11.6. The van der Waals surface area contributed by atoms with E-state index in [9.17, 15) is 9.59 Å². The molecule has 1 unspecified atom stereocenters. The van der Waals surface area contributed by atoms with Crippen molar-refractivity contribution in [3.8, 4) is 0 Å². The molecule has 2 N–H and O–H groups in total. The first-order valence-electron chi connectivity index (χ1n) is 5.80. The van der Waals surface area contributed by atoms with Gasteiger partial charge in [0.25, 0.3) is 0 Å². The van der Waals surface area contributed by atoms with Crippen molar-refractivity contribution in [2.45, 2.75) is 50.3 Å². The Hall–Kier alpha value is -0.710. The predicted octanol–water partition coefficient (Wildman–Crippen LogP) is 1.64. The maximum absolute atomic E-state index is 11.7. The zero-order chi connectivity index (χ0) is 12.0. The van der Waals surface area contributed by atoms with Crippen LogP contribution in [0.2, 0.25) is 0 Å². The number of hydrogen-bond acceptors (Lipinski definition) is 3. The lowest BCUT2D eigenvalue weighted by molar-refractivity contribution is -0.142. The summed E-state index contributed by atoms with van der Waals surface area (Å²) in [5.74, 6) is -0.0269. The summed E-state index contributed by atoms with van der Waals surface area (Å²) < 4.78 is 0. The molecule has 0 aromatic heterocycles. The maximum atomic E-state index is 11.7. The molecule has 1 aliphatic rings. The van der Waals surface area contributed by atoms with E-state index in [4.69, 9.17) is 5.11 Å². The molecule has 1 fully saturated rings. The number of carbonyl (C=O) groups excluding carboxylic acids is 1. The van der Waals surface area contributed by atoms with Crippen LogP contribution in [0.3, 0.4) is 0 Å². The molecule has 2 atom stereocenters. The first kappa shape index (κ1) is 13.4. The summed E-state index contributed by atoms with van der Waals surface area (Å²) in [6.07, 6.45) is 4.22. The predicted molar refractivity (Wildman–Crippen MR) is 64.6 cm³/mol.